The van der Waals surface area contributed by atoms with Crippen LogP contribution in [-0.4, -0.2) is 41.4 Å². The fourth-order valence-electron chi connectivity index (χ4n) is 4.13. The first-order valence-corrected chi connectivity index (χ1v) is 10.2. The largest absolute Gasteiger partial charge is 0.351 e. The molecule has 5 nitrogen and oxygen atoms in total. The van der Waals surface area contributed by atoms with Crippen molar-refractivity contribution >= 4 is 22.7 Å². The van der Waals surface area contributed by atoms with E-state index in [-0.39, 0.29) is 11.8 Å². The van der Waals surface area contributed by atoms with Gasteiger partial charge in [0.2, 0.25) is 0 Å². The number of likely N-dealkylation sites (N-methyl/N-ethyl adjacent to an activating group) is 1. The maximum Gasteiger partial charge on any atom is 0.253 e. The van der Waals surface area contributed by atoms with E-state index in [2.05, 4.69) is 11.4 Å². The molecule has 150 valence electrons. The summed E-state index contributed by atoms with van der Waals surface area (Å²) < 4.78 is 2.00. The Bertz CT molecular complexity index is 1070. The van der Waals surface area contributed by atoms with Gasteiger partial charge >= 0.3 is 0 Å². The summed E-state index contributed by atoms with van der Waals surface area (Å²) in [5, 5.41) is 4.04. The number of amides is 2. The summed E-state index contributed by atoms with van der Waals surface area (Å²) >= 11 is 0. The van der Waals surface area contributed by atoms with Gasteiger partial charge in [-0.05, 0) is 66.5 Å². The molecular weight excluding hydrogens is 362 g/mol. The van der Waals surface area contributed by atoms with Gasteiger partial charge in [0.15, 0.2) is 0 Å². The summed E-state index contributed by atoms with van der Waals surface area (Å²) in [6.45, 7) is 0.891. The average molecular weight is 389 g/mol. The summed E-state index contributed by atoms with van der Waals surface area (Å²) in [5.41, 5.74) is 4.98. The predicted molar refractivity (Wildman–Crippen MR) is 115 cm³/mol. The highest BCUT2D eigenvalue weighted by Crippen LogP contribution is 2.25. The van der Waals surface area contributed by atoms with Gasteiger partial charge in [-0.1, -0.05) is 18.2 Å². The third-order valence-corrected chi connectivity index (χ3v) is 5.86. The molecule has 29 heavy (non-hydrogen) atoms. The lowest BCUT2D eigenvalue weighted by Crippen LogP contribution is -2.36. The minimum absolute atomic E-state index is 0.0308. The molecule has 4 rings (SSSR count). The second kappa shape index (κ2) is 8.11. The topological polar surface area (TPSA) is 54.3 Å². The number of nitrogens with one attached hydrogen (secondary N) is 1. The van der Waals surface area contributed by atoms with Crippen LogP contribution in [0.1, 0.15) is 44.7 Å². The Morgan fingerprint density at radius 2 is 1.93 bits per heavy atom. The molecular formula is C24H27N3O2. The first kappa shape index (κ1) is 19.2. The molecule has 0 bridgehead atoms. The maximum absolute atomic E-state index is 12.9. The van der Waals surface area contributed by atoms with Gasteiger partial charge in [-0.3, -0.25) is 9.59 Å². The minimum atomic E-state index is -0.119. The summed E-state index contributed by atoms with van der Waals surface area (Å²) in [5.74, 6) is -0.0886. The Balaban J connectivity index is 1.37. The number of nitrogens with zero attached hydrogens (tertiary/aromatic N) is 2. The molecule has 1 aromatic heterocycles. The Kier molecular flexibility index (Phi) is 5.38. The van der Waals surface area contributed by atoms with Crippen molar-refractivity contribution in [1.29, 1.82) is 0 Å². The molecule has 0 unspecified atom stereocenters. The molecule has 5 heteroatoms. The van der Waals surface area contributed by atoms with Crippen LogP contribution in [0.2, 0.25) is 0 Å². The zero-order valence-corrected chi connectivity index (χ0v) is 17.1. The lowest BCUT2D eigenvalue weighted by atomic mass is 9.88. The van der Waals surface area contributed by atoms with Gasteiger partial charge in [-0.25, -0.2) is 0 Å². The van der Waals surface area contributed by atoms with Crippen LogP contribution in [-0.2, 0) is 19.9 Å². The van der Waals surface area contributed by atoms with Gasteiger partial charge in [0.25, 0.3) is 11.8 Å². The van der Waals surface area contributed by atoms with Crippen molar-refractivity contribution in [2.24, 2.45) is 7.05 Å². The van der Waals surface area contributed by atoms with E-state index in [0.717, 1.165) is 35.7 Å². The number of benzene rings is 2. The van der Waals surface area contributed by atoms with Crippen LogP contribution >= 0.6 is 0 Å². The first-order valence-electron chi connectivity index (χ1n) is 10.2. The van der Waals surface area contributed by atoms with E-state index in [1.54, 1.807) is 11.9 Å². The van der Waals surface area contributed by atoms with Gasteiger partial charge in [0, 0.05) is 50.0 Å². The van der Waals surface area contributed by atoms with Gasteiger partial charge in [-0.2, -0.15) is 0 Å². The van der Waals surface area contributed by atoms with E-state index < -0.39 is 0 Å². The van der Waals surface area contributed by atoms with E-state index in [0.29, 0.717) is 18.7 Å². The Morgan fingerprint density at radius 3 is 2.79 bits per heavy atom. The molecule has 1 N–H and O–H groups in total. The number of carbonyl (C=O) groups is 2. The standard InChI is InChI=1S/C24H27N3O2/c1-26-14-12-18-10-11-19(16-22(18)26)23(28)25-13-15-27(2)24(29)21-9-5-7-17-6-3-4-8-20(17)21/h5,7,9-12,14,16H,3-4,6,8,13,15H2,1-2H3,(H,25,28). The molecule has 2 amide bonds. The number of fused-ring (bicyclic) bond motifs is 2. The van der Waals surface area contributed by atoms with Gasteiger partial charge in [-0.15, -0.1) is 0 Å². The highest BCUT2D eigenvalue weighted by atomic mass is 16.2. The molecule has 1 heterocycles. The smallest absolute Gasteiger partial charge is 0.253 e. The molecule has 0 atom stereocenters. The summed E-state index contributed by atoms with van der Waals surface area (Å²) in [4.78, 5) is 27.1. The van der Waals surface area contributed by atoms with Crippen molar-refractivity contribution in [3.8, 4) is 0 Å². The van der Waals surface area contributed by atoms with Crippen LogP contribution in [0, 0.1) is 0 Å². The highest BCUT2D eigenvalue weighted by Gasteiger charge is 2.20. The van der Waals surface area contributed by atoms with E-state index in [4.69, 9.17) is 0 Å². The van der Waals surface area contributed by atoms with Crippen LogP contribution in [0.5, 0.6) is 0 Å². The van der Waals surface area contributed by atoms with Crippen molar-refractivity contribution in [3.05, 3.63) is 70.9 Å². The molecule has 0 spiro atoms. The molecule has 0 saturated heterocycles. The van der Waals surface area contributed by atoms with Crippen molar-refractivity contribution < 1.29 is 9.59 Å². The third kappa shape index (κ3) is 3.90. The van der Waals surface area contributed by atoms with Crippen LogP contribution in [0.25, 0.3) is 10.9 Å². The van der Waals surface area contributed by atoms with Gasteiger partial charge in [0.05, 0.1) is 0 Å². The Labute approximate surface area is 171 Å². The summed E-state index contributed by atoms with van der Waals surface area (Å²) in [6, 6.07) is 13.8. The van der Waals surface area contributed by atoms with Crippen LogP contribution in [0.4, 0.5) is 0 Å². The summed E-state index contributed by atoms with van der Waals surface area (Å²) in [6.07, 6.45) is 6.35. The molecule has 1 aliphatic carbocycles. The molecule has 1 aliphatic rings. The van der Waals surface area contributed by atoms with E-state index in [9.17, 15) is 9.59 Å². The lowest BCUT2D eigenvalue weighted by molar-refractivity contribution is 0.0785. The zero-order chi connectivity index (χ0) is 20.4. The van der Waals surface area contributed by atoms with Crippen LogP contribution in [0.3, 0.4) is 0 Å². The average Bonchev–Trinajstić information content (AvgIpc) is 3.12. The summed E-state index contributed by atoms with van der Waals surface area (Å²) in [7, 11) is 3.76. The number of carbonyl (C=O) groups excluding carboxylic acids is 2. The van der Waals surface area contributed by atoms with Crippen molar-refractivity contribution in [1.82, 2.24) is 14.8 Å². The minimum Gasteiger partial charge on any atom is -0.351 e. The predicted octanol–water partition coefficient (Wildman–Crippen LogP) is 3.56. The van der Waals surface area contributed by atoms with Gasteiger partial charge in [0.1, 0.15) is 0 Å². The zero-order valence-electron chi connectivity index (χ0n) is 17.1. The number of rotatable bonds is 5. The van der Waals surface area contributed by atoms with Gasteiger partial charge < -0.3 is 14.8 Å². The number of hydrogen-bond acceptors (Lipinski definition) is 2. The normalized spacial score (nSPS) is 13.2. The quantitative estimate of drug-likeness (QED) is 0.725. The van der Waals surface area contributed by atoms with E-state index >= 15 is 0 Å². The molecule has 0 fully saturated rings. The van der Waals surface area contributed by atoms with Crippen LogP contribution in [0.15, 0.2) is 48.7 Å². The second-order valence-corrected chi connectivity index (χ2v) is 7.83. The van der Waals surface area contributed by atoms with E-state index in [1.165, 1.54) is 17.5 Å². The third-order valence-electron chi connectivity index (χ3n) is 5.86. The molecule has 2 aromatic carbocycles. The highest BCUT2D eigenvalue weighted by molar-refractivity contribution is 5.98. The Hall–Kier alpha value is -3.08. The Morgan fingerprint density at radius 1 is 1.10 bits per heavy atom. The molecule has 0 saturated carbocycles. The molecule has 3 aromatic rings. The molecule has 0 aliphatic heterocycles. The fourth-order valence-corrected chi connectivity index (χ4v) is 4.13. The number of aryl methyl sites for hydroxylation is 2. The van der Waals surface area contributed by atoms with E-state index in [1.807, 2.05) is 54.2 Å². The SMILES string of the molecule is CN(CCNC(=O)c1ccc2ccn(C)c2c1)C(=O)c1cccc2c1CCCC2. The lowest BCUT2D eigenvalue weighted by Gasteiger charge is -2.23. The van der Waals surface area contributed by atoms with Crippen molar-refractivity contribution in [2.75, 3.05) is 20.1 Å². The fraction of sp³-hybridized carbons (Fsp3) is 0.333. The first-order chi connectivity index (χ1) is 14.0. The van der Waals surface area contributed by atoms with Crippen molar-refractivity contribution in [3.63, 3.8) is 0 Å². The number of hydrogen-bond donors (Lipinski definition) is 1. The second-order valence-electron chi connectivity index (χ2n) is 7.83. The number of aromatic nitrogens is 1. The molecule has 0 radical (unpaired) electrons. The van der Waals surface area contributed by atoms with Crippen molar-refractivity contribution in [2.45, 2.75) is 25.7 Å². The monoisotopic (exact) mass is 389 g/mol. The maximum atomic E-state index is 12.9. The van der Waals surface area contributed by atoms with Crippen LogP contribution < -0.4 is 5.32 Å².